The molecule has 2 unspecified atom stereocenters. The molecule has 126 valence electrons. The topological polar surface area (TPSA) is 67.2 Å². The quantitative estimate of drug-likeness (QED) is 0.811. The summed E-state index contributed by atoms with van der Waals surface area (Å²) in [5, 5.41) is 0. The number of likely N-dealkylation sites (tertiary alicyclic amines) is 1. The highest BCUT2D eigenvalue weighted by Crippen LogP contribution is 2.33. The number of nitrogens with zero attached hydrogens (tertiary/aromatic N) is 6. The van der Waals surface area contributed by atoms with Gasteiger partial charge in [0.2, 0.25) is 0 Å². The molecule has 7 nitrogen and oxygen atoms in total. The van der Waals surface area contributed by atoms with E-state index in [4.69, 9.17) is 0 Å². The van der Waals surface area contributed by atoms with Crippen LogP contribution in [0.5, 0.6) is 0 Å². The number of fused-ring (bicyclic) bond motifs is 1. The van der Waals surface area contributed by atoms with Gasteiger partial charge in [-0.2, -0.15) is 0 Å². The maximum atomic E-state index is 11.7. The van der Waals surface area contributed by atoms with Crippen LogP contribution in [0.15, 0.2) is 35.8 Å². The fraction of sp³-hybridized carbons (Fsp3) is 0.529. The largest absolute Gasteiger partial charge is 0.356 e. The zero-order valence-corrected chi connectivity index (χ0v) is 13.9. The van der Waals surface area contributed by atoms with Crippen LogP contribution >= 0.6 is 0 Å². The molecular weight excluding hydrogens is 304 g/mol. The molecule has 7 heteroatoms. The molecule has 0 aromatic carbocycles. The van der Waals surface area contributed by atoms with Crippen molar-refractivity contribution in [2.24, 2.45) is 11.8 Å². The van der Waals surface area contributed by atoms with Crippen molar-refractivity contribution >= 4 is 5.82 Å². The van der Waals surface area contributed by atoms with Gasteiger partial charge in [0, 0.05) is 63.4 Å². The molecule has 24 heavy (non-hydrogen) atoms. The molecule has 0 aliphatic carbocycles. The number of rotatable bonds is 4. The minimum Gasteiger partial charge on any atom is -0.356 e. The van der Waals surface area contributed by atoms with Crippen molar-refractivity contribution in [1.29, 1.82) is 0 Å². The van der Waals surface area contributed by atoms with Crippen LogP contribution in [0.4, 0.5) is 5.82 Å². The zero-order valence-electron chi connectivity index (χ0n) is 13.9. The van der Waals surface area contributed by atoms with Gasteiger partial charge in [-0.3, -0.25) is 9.78 Å². The molecule has 2 aromatic rings. The van der Waals surface area contributed by atoms with Crippen LogP contribution in [-0.2, 0) is 6.54 Å². The van der Waals surface area contributed by atoms with E-state index in [1.165, 1.54) is 6.20 Å². The highest BCUT2D eigenvalue weighted by atomic mass is 16.1. The molecule has 0 amide bonds. The highest BCUT2D eigenvalue weighted by molar-refractivity contribution is 5.40. The molecule has 0 N–H and O–H groups in total. The molecule has 0 radical (unpaired) electrons. The molecule has 2 aromatic heterocycles. The van der Waals surface area contributed by atoms with Gasteiger partial charge in [0.15, 0.2) is 0 Å². The van der Waals surface area contributed by atoms with E-state index in [9.17, 15) is 4.79 Å². The average molecular weight is 326 g/mol. The average Bonchev–Trinajstić information content (AvgIpc) is 3.12. The van der Waals surface area contributed by atoms with Crippen molar-refractivity contribution in [1.82, 2.24) is 24.4 Å². The summed E-state index contributed by atoms with van der Waals surface area (Å²) in [6.07, 6.45) is 6.46. The monoisotopic (exact) mass is 326 g/mol. The summed E-state index contributed by atoms with van der Waals surface area (Å²) in [7, 11) is 0. The molecule has 0 bridgehead atoms. The van der Waals surface area contributed by atoms with Crippen molar-refractivity contribution in [3.63, 3.8) is 0 Å². The van der Waals surface area contributed by atoms with E-state index >= 15 is 0 Å². The zero-order chi connectivity index (χ0) is 16.5. The number of hydrogen-bond donors (Lipinski definition) is 0. The number of aromatic nitrogens is 4. The highest BCUT2D eigenvalue weighted by Gasteiger charge is 2.40. The van der Waals surface area contributed by atoms with Crippen LogP contribution in [0.2, 0.25) is 0 Å². The van der Waals surface area contributed by atoms with Gasteiger partial charge in [0.1, 0.15) is 12.1 Å². The van der Waals surface area contributed by atoms with E-state index in [-0.39, 0.29) is 5.56 Å². The van der Waals surface area contributed by atoms with Crippen LogP contribution in [0.25, 0.3) is 0 Å². The van der Waals surface area contributed by atoms with Gasteiger partial charge in [-0.05, 0) is 18.8 Å². The Balaban J connectivity index is 1.33. The van der Waals surface area contributed by atoms with Crippen LogP contribution in [0.3, 0.4) is 0 Å². The van der Waals surface area contributed by atoms with Gasteiger partial charge in [-0.15, -0.1) is 0 Å². The second kappa shape index (κ2) is 6.32. The van der Waals surface area contributed by atoms with E-state index in [0.717, 1.165) is 50.8 Å². The Morgan fingerprint density at radius 1 is 1.12 bits per heavy atom. The molecule has 4 rings (SSSR count). The lowest BCUT2D eigenvalue weighted by atomic mass is 10.0. The Labute approximate surface area is 141 Å². The van der Waals surface area contributed by atoms with Crippen molar-refractivity contribution in [2.75, 3.05) is 37.6 Å². The van der Waals surface area contributed by atoms with Crippen molar-refractivity contribution in [3.8, 4) is 0 Å². The van der Waals surface area contributed by atoms with E-state index in [1.54, 1.807) is 23.3 Å². The number of aryl methyl sites for hydroxylation is 1. The second-order valence-corrected chi connectivity index (χ2v) is 6.81. The standard InChI is InChI=1S/C17H22N6O/c1-13-6-16(20-12-19-13)23-10-14-8-21(9-15(14)11-23)4-5-22-3-2-18-7-17(22)24/h2-3,6-7,12,14-15H,4-5,8-11H2,1H3. The Bertz CT molecular complexity index is 761. The summed E-state index contributed by atoms with van der Waals surface area (Å²) in [4.78, 5) is 29.0. The molecule has 2 fully saturated rings. The second-order valence-electron chi connectivity index (χ2n) is 6.81. The third-order valence-electron chi connectivity index (χ3n) is 5.13. The van der Waals surface area contributed by atoms with Gasteiger partial charge in [0.25, 0.3) is 5.56 Å². The van der Waals surface area contributed by atoms with Gasteiger partial charge >= 0.3 is 0 Å². The summed E-state index contributed by atoms with van der Waals surface area (Å²) in [6.45, 7) is 7.99. The SMILES string of the molecule is Cc1cc(N2CC3CN(CCn4ccncc4=O)CC3C2)ncn1. The van der Waals surface area contributed by atoms with Crippen molar-refractivity contribution < 1.29 is 0 Å². The lowest BCUT2D eigenvalue weighted by Crippen LogP contribution is -2.33. The molecule has 0 spiro atoms. The Kier molecular flexibility index (Phi) is 4.02. The minimum atomic E-state index is -0.0257. The molecule has 2 saturated heterocycles. The Hall–Kier alpha value is -2.28. The Morgan fingerprint density at radius 3 is 2.62 bits per heavy atom. The first-order chi connectivity index (χ1) is 11.7. The van der Waals surface area contributed by atoms with Gasteiger partial charge < -0.3 is 14.4 Å². The van der Waals surface area contributed by atoms with Crippen molar-refractivity contribution in [2.45, 2.75) is 13.5 Å². The maximum Gasteiger partial charge on any atom is 0.269 e. The summed E-state index contributed by atoms with van der Waals surface area (Å²) in [5.41, 5.74) is 0.990. The fourth-order valence-electron chi connectivity index (χ4n) is 3.88. The van der Waals surface area contributed by atoms with E-state index in [2.05, 4.69) is 30.8 Å². The van der Waals surface area contributed by atoms with Crippen LogP contribution in [-0.4, -0.2) is 57.1 Å². The minimum absolute atomic E-state index is 0.0257. The lowest BCUT2D eigenvalue weighted by Gasteiger charge is -2.22. The van der Waals surface area contributed by atoms with Crippen LogP contribution in [0, 0.1) is 18.8 Å². The molecule has 2 aliphatic heterocycles. The first-order valence-electron chi connectivity index (χ1n) is 8.45. The van der Waals surface area contributed by atoms with Gasteiger partial charge in [-0.1, -0.05) is 0 Å². The number of anilines is 1. The molecular formula is C17H22N6O. The maximum absolute atomic E-state index is 11.7. The molecule has 0 saturated carbocycles. The predicted octanol–water partition coefficient (Wildman–Crippen LogP) is 0.410. The van der Waals surface area contributed by atoms with Gasteiger partial charge in [0.05, 0.1) is 6.20 Å². The van der Waals surface area contributed by atoms with Gasteiger partial charge in [-0.25, -0.2) is 9.97 Å². The summed E-state index contributed by atoms with van der Waals surface area (Å²) in [6, 6.07) is 2.06. The normalized spacial score (nSPS) is 23.6. The van der Waals surface area contributed by atoms with Crippen LogP contribution < -0.4 is 10.5 Å². The number of hydrogen-bond acceptors (Lipinski definition) is 6. The van der Waals surface area contributed by atoms with E-state index in [0.29, 0.717) is 11.8 Å². The molecule has 4 heterocycles. The molecule has 2 atom stereocenters. The Morgan fingerprint density at radius 2 is 1.92 bits per heavy atom. The fourth-order valence-corrected chi connectivity index (χ4v) is 3.88. The van der Waals surface area contributed by atoms with E-state index in [1.807, 2.05) is 6.92 Å². The lowest BCUT2D eigenvalue weighted by molar-refractivity contribution is 0.300. The first-order valence-corrected chi connectivity index (χ1v) is 8.45. The first kappa shape index (κ1) is 15.3. The van der Waals surface area contributed by atoms with Crippen LogP contribution in [0.1, 0.15) is 5.69 Å². The summed E-state index contributed by atoms with van der Waals surface area (Å²) < 4.78 is 1.73. The smallest absolute Gasteiger partial charge is 0.269 e. The predicted molar refractivity (Wildman–Crippen MR) is 90.9 cm³/mol. The summed E-state index contributed by atoms with van der Waals surface area (Å²) in [5.74, 6) is 2.43. The van der Waals surface area contributed by atoms with Crippen molar-refractivity contribution in [3.05, 3.63) is 47.0 Å². The third-order valence-corrected chi connectivity index (χ3v) is 5.13. The summed E-state index contributed by atoms with van der Waals surface area (Å²) >= 11 is 0. The third kappa shape index (κ3) is 3.03. The van der Waals surface area contributed by atoms with E-state index < -0.39 is 0 Å². The molecule has 2 aliphatic rings.